The number of hydrogen-bond donors (Lipinski definition) is 1. The van der Waals surface area contributed by atoms with Crippen molar-refractivity contribution in [2.45, 2.75) is 6.92 Å². The summed E-state index contributed by atoms with van der Waals surface area (Å²) in [7, 11) is 3.03. The molecular weight excluding hydrogens is 264 g/mol. The maximum atomic E-state index is 12.3. The van der Waals surface area contributed by atoms with E-state index in [0.717, 1.165) is 4.88 Å². The smallest absolute Gasteiger partial charge is 0.265 e. The Balaban J connectivity index is 2.32. The summed E-state index contributed by atoms with van der Waals surface area (Å²) in [5.41, 5.74) is 0.361. The molecule has 0 spiro atoms. The van der Waals surface area contributed by atoms with Gasteiger partial charge in [-0.15, -0.1) is 11.3 Å². The van der Waals surface area contributed by atoms with Crippen LogP contribution in [-0.4, -0.2) is 25.1 Å². The first-order valence-electron chi connectivity index (χ1n) is 5.60. The summed E-state index contributed by atoms with van der Waals surface area (Å²) in [6.07, 6.45) is 1.71. The summed E-state index contributed by atoms with van der Waals surface area (Å²) >= 11 is 1.41. The Morgan fingerprint density at radius 2 is 1.89 bits per heavy atom. The molecule has 2 rings (SSSR count). The van der Waals surface area contributed by atoms with Crippen LogP contribution in [0.2, 0.25) is 0 Å². The van der Waals surface area contributed by atoms with E-state index in [2.05, 4.69) is 10.3 Å². The molecule has 1 aromatic carbocycles. The van der Waals surface area contributed by atoms with E-state index < -0.39 is 0 Å². The van der Waals surface area contributed by atoms with Gasteiger partial charge in [-0.25, -0.2) is 4.98 Å². The number of rotatable bonds is 4. The van der Waals surface area contributed by atoms with Gasteiger partial charge in [-0.3, -0.25) is 10.1 Å². The molecule has 1 aromatic heterocycles. The van der Waals surface area contributed by atoms with Crippen molar-refractivity contribution in [2.24, 2.45) is 0 Å². The number of methoxy groups -OCH3 is 2. The molecule has 0 aliphatic rings. The van der Waals surface area contributed by atoms with Crippen LogP contribution in [0, 0.1) is 6.92 Å². The van der Waals surface area contributed by atoms with E-state index in [0.29, 0.717) is 22.2 Å². The zero-order valence-corrected chi connectivity index (χ0v) is 11.7. The average molecular weight is 278 g/mol. The van der Waals surface area contributed by atoms with E-state index in [9.17, 15) is 4.79 Å². The van der Waals surface area contributed by atoms with E-state index in [1.807, 2.05) is 6.92 Å². The second kappa shape index (κ2) is 5.71. The fourth-order valence-electron chi connectivity index (χ4n) is 1.65. The van der Waals surface area contributed by atoms with Gasteiger partial charge in [0.05, 0.1) is 14.2 Å². The molecule has 1 N–H and O–H groups in total. The number of nitrogens with one attached hydrogen (secondary N) is 1. The van der Waals surface area contributed by atoms with Crippen LogP contribution in [0.3, 0.4) is 0 Å². The maximum Gasteiger partial charge on any atom is 0.265 e. The number of carbonyl (C=O) groups is 1. The molecule has 5 nitrogen and oxygen atoms in total. The molecule has 1 heterocycles. The van der Waals surface area contributed by atoms with E-state index in [4.69, 9.17) is 9.47 Å². The molecule has 0 saturated heterocycles. The zero-order chi connectivity index (χ0) is 13.8. The summed E-state index contributed by atoms with van der Waals surface area (Å²) in [6, 6.07) is 5.19. The Morgan fingerprint density at radius 1 is 1.26 bits per heavy atom. The molecule has 1 amide bonds. The van der Waals surface area contributed by atoms with Crippen LogP contribution in [0.15, 0.2) is 24.4 Å². The van der Waals surface area contributed by atoms with Crippen LogP contribution >= 0.6 is 11.3 Å². The number of hydrogen-bond acceptors (Lipinski definition) is 5. The van der Waals surface area contributed by atoms with Gasteiger partial charge in [-0.05, 0) is 19.1 Å². The Bertz CT molecular complexity index is 573. The molecule has 0 aliphatic carbocycles. The highest BCUT2D eigenvalue weighted by molar-refractivity contribution is 7.15. The number of aryl methyl sites for hydroxylation is 1. The van der Waals surface area contributed by atoms with Crippen molar-refractivity contribution in [3.8, 4) is 11.5 Å². The lowest BCUT2D eigenvalue weighted by atomic mass is 10.1. The van der Waals surface area contributed by atoms with Gasteiger partial charge >= 0.3 is 0 Å². The second-order valence-electron chi connectivity index (χ2n) is 3.77. The molecule has 2 aromatic rings. The van der Waals surface area contributed by atoms with Crippen molar-refractivity contribution in [2.75, 3.05) is 19.5 Å². The van der Waals surface area contributed by atoms with Crippen molar-refractivity contribution in [1.29, 1.82) is 0 Å². The molecule has 0 saturated carbocycles. The quantitative estimate of drug-likeness (QED) is 0.934. The minimum Gasteiger partial charge on any atom is -0.496 e. The number of nitrogens with zero attached hydrogens (tertiary/aromatic N) is 1. The third kappa shape index (κ3) is 2.85. The molecule has 19 heavy (non-hydrogen) atoms. The molecule has 100 valence electrons. The summed E-state index contributed by atoms with van der Waals surface area (Å²) < 4.78 is 10.4. The molecular formula is C13H14N2O3S. The Kier molecular flexibility index (Phi) is 4.01. The van der Waals surface area contributed by atoms with Gasteiger partial charge < -0.3 is 9.47 Å². The van der Waals surface area contributed by atoms with Gasteiger partial charge in [0.1, 0.15) is 17.1 Å². The van der Waals surface area contributed by atoms with E-state index in [-0.39, 0.29) is 5.91 Å². The van der Waals surface area contributed by atoms with Crippen LogP contribution in [-0.2, 0) is 0 Å². The third-order valence-corrected chi connectivity index (χ3v) is 3.32. The number of ether oxygens (including phenoxy) is 2. The van der Waals surface area contributed by atoms with Crippen molar-refractivity contribution >= 4 is 22.4 Å². The van der Waals surface area contributed by atoms with Gasteiger partial charge in [0.25, 0.3) is 5.91 Å². The van der Waals surface area contributed by atoms with Crippen LogP contribution in [0.5, 0.6) is 11.5 Å². The highest BCUT2D eigenvalue weighted by atomic mass is 32.1. The molecule has 0 fully saturated rings. The van der Waals surface area contributed by atoms with E-state index >= 15 is 0 Å². The number of benzene rings is 1. The predicted molar refractivity (Wildman–Crippen MR) is 74.4 cm³/mol. The SMILES string of the molecule is COc1cccc(OC)c1C(=O)Nc1ncc(C)s1. The molecule has 6 heteroatoms. The van der Waals surface area contributed by atoms with E-state index in [1.54, 1.807) is 24.4 Å². The molecule has 0 unspecified atom stereocenters. The standard InChI is InChI=1S/C13H14N2O3S/c1-8-7-14-13(19-8)15-12(16)11-9(17-2)5-4-6-10(11)18-3/h4-7H,1-3H3,(H,14,15,16). The minimum absolute atomic E-state index is 0.302. The predicted octanol–water partition coefficient (Wildman–Crippen LogP) is 2.72. The summed E-state index contributed by atoms with van der Waals surface area (Å²) in [6.45, 7) is 1.93. The van der Waals surface area contributed by atoms with Crippen LogP contribution in [0.4, 0.5) is 5.13 Å². The minimum atomic E-state index is -0.302. The monoisotopic (exact) mass is 278 g/mol. The van der Waals surface area contributed by atoms with Gasteiger partial charge in [-0.2, -0.15) is 0 Å². The van der Waals surface area contributed by atoms with Crippen molar-refractivity contribution in [3.05, 3.63) is 34.8 Å². The highest BCUT2D eigenvalue weighted by Gasteiger charge is 2.19. The lowest BCUT2D eigenvalue weighted by molar-refractivity contribution is 0.102. The van der Waals surface area contributed by atoms with E-state index in [1.165, 1.54) is 25.6 Å². The van der Waals surface area contributed by atoms with Crippen LogP contribution in [0.25, 0.3) is 0 Å². The third-order valence-electron chi connectivity index (χ3n) is 2.50. The molecule has 0 atom stereocenters. The Morgan fingerprint density at radius 3 is 2.37 bits per heavy atom. The van der Waals surface area contributed by atoms with Crippen molar-refractivity contribution < 1.29 is 14.3 Å². The number of amides is 1. The fourth-order valence-corrected chi connectivity index (χ4v) is 2.31. The topological polar surface area (TPSA) is 60.5 Å². The van der Waals surface area contributed by atoms with Gasteiger partial charge in [0, 0.05) is 11.1 Å². The Labute approximate surface area is 115 Å². The number of carbonyl (C=O) groups excluding carboxylic acids is 1. The van der Waals surface area contributed by atoms with Gasteiger partial charge in [-0.1, -0.05) is 6.07 Å². The Hall–Kier alpha value is -2.08. The zero-order valence-electron chi connectivity index (χ0n) is 10.9. The summed E-state index contributed by atoms with van der Waals surface area (Å²) in [4.78, 5) is 17.4. The lowest BCUT2D eigenvalue weighted by Gasteiger charge is -2.11. The summed E-state index contributed by atoms with van der Waals surface area (Å²) in [5.74, 6) is 0.624. The number of thiazole rings is 1. The maximum absolute atomic E-state index is 12.3. The molecule has 0 radical (unpaired) electrons. The first-order valence-corrected chi connectivity index (χ1v) is 6.42. The first kappa shape index (κ1) is 13.4. The number of aromatic nitrogens is 1. The largest absolute Gasteiger partial charge is 0.496 e. The molecule has 0 aliphatic heterocycles. The lowest BCUT2D eigenvalue weighted by Crippen LogP contribution is -2.14. The molecule has 0 bridgehead atoms. The summed E-state index contributed by atoms with van der Waals surface area (Å²) in [5, 5.41) is 3.29. The number of anilines is 1. The van der Waals surface area contributed by atoms with Gasteiger partial charge in [0.15, 0.2) is 5.13 Å². The first-order chi connectivity index (χ1) is 9.15. The van der Waals surface area contributed by atoms with Crippen molar-refractivity contribution in [1.82, 2.24) is 4.98 Å². The highest BCUT2D eigenvalue weighted by Crippen LogP contribution is 2.29. The second-order valence-corrected chi connectivity index (χ2v) is 5.00. The normalized spacial score (nSPS) is 10.1. The average Bonchev–Trinajstić information content (AvgIpc) is 2.82. The van der Waals surface area contributed by atoms with Gasteiger partial charge in [0.2, 0.25) is 0 Å². The van der Waals surface area contributed by atoms with Crippen LogP contribution < -0.4 is 14.8 Å². The fraction of sp³-hybridized carbons (Fsp3) is 0.231. The van der Waals surface area contributed by atoms with Crippen molar-refractivity contribution in [3.63, 3.8) is 0 Å². The van der Waals surface area contributed by atoms with Crippen LogP contribution in [0.1, 0.15) is 15.2 Å².